The molecule has 11 nitrogen and oxygen atoms in total. The molecule has 13 heteroatoms. The molecule has 35 heavy (non-hydrogen) atoms. The summed E-state index contributed by atoms with van der Waals surface area (Å²) in [6, 6.07) is 7.27. The van der Waals surface area contributed by atoms with Gasteiger partial charge in [-0.2, -0.15) is 4.31 Å². The van der Waals surface area contributed by atoms with Crippen molar-refractivity contribution in [2.75, 3.05) is 39.5 Å². The highest BCUT2D eigenvalue weighted by molar-refractivity contribution is 7.89. The molecule has 2 aliphatic rings. The lowest BCUT2D eigenvalue weighted by molar-refractivity contribution is -0.122. The number of para-hydroxylation sites is 2. The van der Waals surface area contributed by atoms with E-state index in [9.17, 15) is 18.0 Å². The van der Waals surface area contributed by atoms with Gasteiger partial charge in [0.1, 0.15) is 29.0 Å². The average molecular weight is 521 g/mol. The number of hydrogen-bond donors (Lipinski definition) is 1. The lowest BCUT2D eigenvalue weighted by atomic mass is 10.2. The number of benzene rings is 1. The molecule has 2 aliphatic heterocycles. The largest absolute Gasteiger partial charge is 0.486 e. The van der Waals surface area contributed by atoms with Crippen LogP contribution in [0.2, 0.25) is 0 Å². The molecule has 1 saturated heterocycles. The van der Waals surface area contributed by atoms with Crippen LogP contribution in [0.15, 0.2) is 40.3 Å². The minimum absolute atomic E-state index is 0.00918. The van der Waals surface area contributed by atoms with Gasteiger partial charge in [-0.25, -0.2) is 13.4 Å². The highest BCUT2D eigenvalue weighted by atomic mass is 32.2. The van der Waals surface area contributed by atoms with Gasteiger partial charge in [0, 0.05) is 18.0 Å². The van der Waals surface area contributed by atoms with Crippen molar-refractivity contribution in [1.29, 1.82) is 0 Å². The molecule has 2 aromatic heterocycles. The van der Waals surface area contributed by atoms with Gasteiger partial charge in [0.05, 0.1) is 31.5 Å². The van der Waals surface area contributed by atoms with Gasteiger partial charge >= 0.3 is 0 Å². The lowest BCUT2D eigenvalue weighted by Gasteiger charge is -2.26. The van der Waals surface area contributed by atoms with E-state index in [1.54, 1.807) is 19.1 Å². The van der Waals surface area contributed by atoms with E-state index < -0.39 is 21.5 Å². The van der Waals surface area contributed by atoms with Gasteiger partial charge in [0.15, 0.2) is 11.5 Å². The Morgan fingerprint density at radius 1 is 1.23 bits per heavy atom. The zero-order valence-corrected chi connectivity index (χ0v) is 20.6. The molecule has 1 fully saturated rings. The first-order valence-corrected chi connectivity index (χ1v) is 13.3. The molecular weight excluding hydrogens is 496 g/mol. The highest BCUT2D eigenvalue weighted by Crippen LogP contribution is 2.33. The summed E-state index contributed by atoms with van der Waals surface area (Å²) in [6.07, 6.45) is 0.887. The molecule has 0 aliphatic carbocycles. The normalized spacial score (nSPS) is 18.5. The van der Waals surface area contributed by atoms with Crippen LogP contribution in [0.4, 0.5) is 0 Å². The van der Waals surface area contributed by atoms with Gasteiger partial charge in [-0.15, -0.1) is 11.3 Å². The third-order valence-corrected chi connectivity index (χ3v) is 8.99. The number of morpholine rings is 1. The van der Waals surface area contributed by atoms with E-state index in [4.69, 9.17) is 14.2 Å². The Bertz CT molecular complexity index is 1430. The number of rotatable bonds is 6. The number of amides is 1. The van der Waals surface area contributed by atoms with Crippen molar-refractivity contribution in [1.82, 2.24) is 19.2 Å². The molecule has 3 aromatic rings. The van der Waals surface area contributed by atoms with Crippen LogP contribution in [0.25, 0.3) is 10.2 Å². The fourth-order valence-corrected chi connectivity index (χ4v) is 7.13. The molecule has 0 bridgehead atoms. The van der Waals surface area contributed by atoms with Gasteiger partial charge in [0.25, 0.3) is 5.56 Å². The zero-order chi connectivity index (χ0) is 24.6. The number of carbonyl (C=O) groups excluding carboxylic acids is 1. The van der Waals surface area contributed by atoms with Gasteiger partial charge in [-0.1, -0.05) is 12.1 Å². The Hall–Kier alpha value is -3.00. The number of ether oxygens (including phenoxy) is 3. The summed E-state index contributed by atoms with van der Waals surface area (Å²) in [5, 5.41) is 2.75. The van der Waals surface area contributed by atoms with Crippen molar-refractivity contribution < 1.29 is 27.4 Å². The molecule has 1 atom stereocenters. The topological polar surface area (TPSA) is 129 Å². The van der Waals surface area contributed by atoms with Crippen LogP contribution in [-0.2, 0) is 26.1 Å². The third-order valence-electron chi connectivity index (χ3n) is 5.78. The quantitative estimate of drug-likeness (QED) is 0.504. The number of fused-ring (bicyclic) bond motifs is 2. The van der Waals surface area contributed by atoms with Gasteiger partial charge in [-0.3, -0.25) is 14.2 Å². The van der Waals surface area contributed by atoms with Crippen LogP contribution >= 0.6 is 11.3 Å². The summed E-state index contributed by atoms with van der Waals surface area (Å²) >= 11 is 1.14. The Labute approximate surface area is 205 Å². The van der Waals surface area contributed by atoms with Gasteiger partial charge < -0.3 is 19.5 Å². The Balaban J connectivity index is 1.33. The van der Waals surface area contributed by atoms with Crippen LogP contribution in [0.5, 0.6) is 11.5 Å². The fourth-order valence-electron chi connectivity index (χ4n) is 4.05. The number of nitrogens with zero attached hydrogens (tertiary/aromatic N) is 3. The SMILES string of the molecule is Cc1sc2ncn(CC(=O)NC[C@H]3COc4ccccc4O3)c(=O)c2c1S(=O)(=O)N1CCOCC1. The van der Waals surface area contributed by atoms with Crippen molar-refractivity contribution in [3.8, 4) is 11.5 Å². The summed E-state index contributed by atoms with van der Waals surface area (Å²) in [5.74, 6) is 0.820. The van der Waals surface area contributed by atoms with Crippen molar-refractivity contribution >= 4 is 37.5 Å². The number of hydrogen-bond acceptors (Lipinski definition) is 9. The molecule has 0 spiro atoms. The summed E-state index contributed by atoms with van der Waals surface area (Å²) in [6.45, 7) is 2.83. The molecule has 1 aromatic carbocycles. The molecule has 186 valence electrons. The van der Waals surface area contributed by atoms with E-state index in [1.807, 2.05) is 12.1 Å². The molecule has 0 saturated carbocycles. The Morgan fingerprint density at radius 3 is 2.74 bits per heavy atom. The number of aryl methyl sites for hydroxylation is 1. The molecule has 0 radical (unpaired) electrons. The first kappa shape index (κ1) is 23.7. The van der Waals surface area contributed by atoms with Crippen LogP contribution in [0.3, 0.4) is 0 Å². The van der Waals surface area contributed by atoms with Crippen LogP contribution in [0, 0.1) is 6.92 Å². The first-order chi connectivity index (χ1) is 16.8. The van der Waals surface area contributed by atoms with Crippen LogP contribution in [0.1, 0.15) is 4.88 Å². The third kappa shape index (κ3) is 4.63. The standard InChI is InChI=1S/C22H24N4O7S2/c1-14-20(35(29,30)26-6-8-31-9-7-26)19-21(34-14)24-13-25(22(19)28)11-18(27)23-10-15-12-32-16-4-2-3-5-17(16)33-15/h2-5,13,15H,6-12H2,1H3,(H,23,27)/t15-/m0/s1. The maximum atomic E-state index is 13.3. The van der Waals surface area contributed by atoms with E-state index in [2.05, 4.69) is 10.3 Å². The summed E-state index contributed by atoms with van der Waals surface area (Å²) in [7, 11) is -3.91. The van der Waals surface area contributed by atoms with Crippen LogP contribution < -0.4 is 20.3 Å². The van der Waals surface area contributed by atoms with Gasteiger partial charge in [0.2, 0.25) is 15.9 Å². The van der Waals surface area contributed by atoms with Crippen LogP contribution in [-0.4, -0.2) is 73.7 Å². The monoisotopic (exact) mass is 520 g/mol. The average Bonchev–Trinajstić information content (AvgIpc) is 3.22. The second kappa shape index (κ2) is 9.57. The van der Waals surface area contributed by atoms with E-state index in [1.165, 1.54) is 10.6 Å². The van der Waals surface area contributed by atoms with E-state index in [-0.39, 0.29) is 49.2 Å². The van der Waals surface area contributed by atoms with Crippen molar-refractivity contribution in [3.05, 3.63) is 45.8 Å². The molecule has 5 rings (SSSR count). The van der Waals surface area contributed by atoms with Crippen molar-refractivity contribution in [3.63, 3.8) is 0 Å². The van der Waals surface area contributed by atoms with Gasteiger partial charge in [-0.05, 0) is 19.1 Å². The number of carbonyl (C=O) groups is 1. The van der Waals surface area contributed by atoms with E-state index in [0.717, 1.165) is 15.9 Å². The van der Waals surface area contributed by atoms with Crippen molar-refractivity contribution in [2.45, 2.75) is 24.5 Å². The first-order valence-electron chi connectivity index (χ1n) is 11.1. The minimum Gasteiger partial charge on any atom is -0.486 e. The predicted molar refractivity (Wildman–Crippen MR) is 128 cm³/mol. The molecule has 1 N–H and O–H groups in total. The number of nitrogens with one attached hydrogen (secondary N) is 1. The minimum atomic E-state index is -3.91. The molecule has 0 unspecified atom stereocenters. The van der Waals surface area contributed by atoms with E-state index >= 15 is 0 Å². The highest BCUT2D eigenvalue weighted by Gasteiger charge is 2.33. The van der Waals surface area contributed by atoms with Crippen molar-refractivity contribution in [2.24, 2.45) is 0 Å². The second-order valence-electron chi connectivity index (χ2n) is 8.16. The maximum Gasteiger partial charge on any atom is 0.263 e. The van der Waals surface area contributed by atoms with E-state index in [0.29, 0.717) is 34.4 Å². The predicted octanol–water partition coefficient (Wildman–Crippen LogP) is 0.744. The number of thiophene rings is 1. The smallest absolute Gasteiger partial charge is 0.263 e. The maximum absolute atomic E-state index is 13.3. The molecule has 1 amide bonds. The molecular formula is C22H24N4O7S2. The Kier molecular flexibility index (Phi) is 6.49. The summed E-state index contributed by atoms with van der Waals surface area (Å²) < 4.78 is 45.8. The summed E-state index contributed by atoms with van der Waals surface area (Å²) in [5.41, 5.74) is -0.576. The summed E-state index contributed by atoms with van der Waals surface area (Å²) in [4.78, 5) is 30.9. The Morgan fingerprint density at radius 2 is 1.97 bits per heavy atom. The molecule has 4 heterocycles. The zero-order valence-electron chi connectivity index (χ0n) is 18.9. The number of aromatic nitrogens is 2. The second-order valence-corrected chi connectivity index (χ2v) is 11.2. The number of sulfonamides is 1. The fraction of sp³-hybridized carbons (Fsp3) is 0.409. The lowest BCUT2D eigenvalue weighted by Crippen LogP contribution is -2.42.